The van der Waals surface area contributed by atoms with E-state index in [0.717, 1.165) is 0 Å². The van der Waals surface area contributed by atoms with E-state index in [1.54, 1.807) is 0 Å². The van der Waals surface area contributed by atoms with Crippen molar-refractivity contribution in [1.29, 1.82) is 0 Å². The van der Waals surface area contributed by atoms with Crippen LogP contribution in [-0.2, 0) is 4.74 Å². The van der Waals surface area contributed by atoms with Gasteiger partial charge in [-0.05, 0) is 0 Å². The van der Waals surface area contributed by atoms with Crippen molar-refractivity contribution in [2.75, 3.05) is 6.61 Å². The molecule has 0 bridgehead atoms. The average molecular weight is 181 g/mol. The minimum Gasteiger partial charge on any atom is -0.394 e. The molecule has 12 heavy (non-hydrogen) atoms. The van der Waals surface area contributed by atoms with Gasteiger partial charge in [0.25, 0.3) is 0 Å². The van der Waals surface area contributed by atoms with Crippen molar-refractivity contribution >= 4 is 0 Å². The van der Waals surface area contributed by atoms with Gasteiger partial charge >= 0.3 is 0 Å². The molecule has 0 saturated carbocycles. The van der Waals surface area contributed by atoms with Gasteiger partial charge in [-0.25, -0.2) is 0 Å². The predicted octanol–water partition coefficient (Wildman–Crippen LogP) is -3.22. The Bertz CT molecular complexity index is 146. The SMILES string of the molecule is OCC1O[13CH](O)C(O)C(O)C1O. The molecule has 1 fully saturated rings. The number of hydrogen-bond acceptors (Lipinski definition) is 6. The highest BCUT2D eigenvalue weighted by Gasteiger charge is 2.42. The van der Waals surface area contributed by atoms with Crippen molar-refractivity contribution in [2.45, 2.75) is 30.7 Å². The Morgan fingerprint density at radius 3 is 2.00 bits per heavy atom. The van der Waals surface area contributed by atoms with Gasteiger partial charge < -0.3 is 30.3 Å². The van der Waals surface area contributed by atoms with E-state index in [-0.39, 0.29) is 0 Å². The van der Waals surface area contributed by atoms with E-state index in [2.05, 4.69) is 4.74 Å². The van der Waals surface area contributed by atoms with Crippen LogP contribution in [0.25, 0.3) is 0 Å². The van der Waals surface area contributed by atoms with Crippen LogP contribution >= 0.6 is 0 Å². The summed E-state index contributed by atoms with van der Waals surface area (Å²) >= 11 is 0. The molecule has 5 atom stereocenters. The van der Waals surface area contributed by atoms with Gasteiger partial charge in [0, 0.05) is 0 Å². The molecule has 1 heterocycles. The molecule has 0 aromatic carbocycles. The largest absolute Gasteiger partial charge is 0.394 e. The fourth-order valence-corrected chi connectivity index (χ4v) is 1.08. The Labute approximate surface area is 68.6 Å². The molecule has 0 radical (unpaired) electrons. The van der Waals surface area contributed by atoms with E-state index < -0.39 is 37.3 Å². The van der Waals surface area contributed by atoms with Crippen molar-refractivity contribution in [2.24, 2.45) is 0 Å². The van der Waals surface area contributed by atoms with Gasteiger partial charge in [0.2, 0.25) is 0 Å². The summed E-state index contributed by atoms with van der Waals surface area (Å²) in [6, 6.07) is 0. The van der Waals surface area contributed by atoms with E-state index >= 15 is 0 Å². The zero-order valence-electron chi connectivity index (χ0n) is 6.24. The standard InChI is InChI=1S/C6H12O6/c7-1-2-3(8)4(9)5(10)6(11)12-2/h2-11H,1H2/i6+1. The van der Waals surface area contributed by atoms with Crippen LogP contribution < -0.4 is 0 Å². The third-order valence-corrected chi connectivity index (χ3v) is 1.87. The molecule has 0 aromatic heterocycles. The van der Waals surface area contributed by atoms with Gasteiger partial charge in [-0.3, -0.25) is 0 Å². The van der Waals surface area contributed by atoms with E-state index in [9.17, 15) is 0 Å². The first kappa shape index (κ1) is 9.85. The summed E-state index contributed by atoms with van der Waals surface area (Å²) in [4.78, 5) is 0. The Hall–Kier alpha value is -0.240. The summed E-state index contributed by atoms with van der Waals surface area (Å²) < 4.78 is 4.58. The molecule has 72 valence electrons. The molecule has 0 aromatic rings. The van der Waals surface area contributed by atoms with Crippen LogP contribution in [0.4, 0.5) is 0 Å². The molecule has 5 N–H and O–H groups in total. The molecule has 6 heteroatoms. The highest BCUT2D eigenvalue weighted by atomic mass is 16.7. The van der Waals surface area contributed by atoms with Crippen LogP contribution in [0, 0.1) is 0 Å². The van der Waals surface area contributed by atoms with Crippen LogP contribution in [0.1, 0.15) is 0 Å². The molecule has 1 saturated heterocycles. The Morgan fingerprint density at radius 1 is 0.917 bits per heavy atom. The topological polar surface area (TPSA) is 110 Å². The molecule has 1 rings (SSSR count). The number of aliphatic hydroxyl groups is 5. The minimum atomic E-state index is -1.57. The number of ether oxygens (including phenoxy) is 1. The minimum absolute atomic E-state index is 0.526. The molecule has 0 spiro atoms. The predicted molar refractivity (Wildman–Crippen MR) is 36.0 cm³/mol. The van der Waals surface area contributed by atoms with Crippen LogP contribution in [0.3, 0.4) is 0 Å². The van der Waals surface area contributed by atoms with Gasteiger partial charge in [0.15, 0.2) is 6.29 Å². The zero-order valence-corrected chi connectivity index (χ0v) is 6.24. The fourth-order valence-electron chi connectivity index (χ4n) is 1.08. The lowest BCUT2D eigenvalue weighted by molar-refractivity contribution is -0.286. The average Bonchev–Trinajstić information content (AvgIpc) is 2.08. The van der Waals surface area contributed by atoms with E-state index in [0.29, 0.717) is 0 Å². The van der Waals surface area contributed by atoms with Gasteiger partial charge in [0.1, 0.15) is 24.4 Å². The first-order chi connectivity index (χ1) is 5.57. The van der Waals surface area contributed by atoms with Crippen molar-refractivity contribution in [3.05, 3.63) is 0 Å². The third kappa shape index (κ3) is 1.58. The number of hydrogen-bond donors (Lipinski definition) is 5. The first-order valence-corrected chi connectivity index (χ1v) is 3.56. The lowest BCUT2D eigenvalue weighted by Crippen LogP contribution is -2.58. The smallest absolute Gasteiger partial charge is 0.184 e. The van der Waals surface area contributed by atoms with Crippen LogP contribution in [-0.4, -0.2) is 62.8 Å². The summed E-state index contributed by atoms with van der Waals surface area (Å²) in [6.07, 6.45) is -7.04. The molecule has 6 nitrogen and oxygen atoms in total. The summed E-state index contributed by atoms with van der Waals surface area (Å²) in [5.74, 6) is 0. The Balaban J connectivity index is 2.63. The van der Waals surface area contributed by atoms with Crippen LogP contribution in [0.2, 0.25) is 0 Å². The lowest BCUT2D eigenvalue weighted by atomic mass is 10.0. The summed E-state index contributed by atoms with van der Waals surface area (Å²) in [5, 5.41) is 44.7. The fraction of sp³-hybridized carbons (Fsp3) is 1.00. The lowest BCUT2D eigenvalue weighted by Gasteiger charge is -2.37. The molecule has 0 aliphatic carbocycles. The molecule has 0 amide bonds. The van der Waals surface area contributed by atoms with Gasteiger partial charge in [-0.15, -0.1) is 0 Å². The van der Waals surface area contributed by atoms with Crippen LogP contribution in [0.5, 0.6) is 0 Å². The molecular formula is C6H12O6. The third-order valence-electron chi connectivity index (χ3n) is 1.87. The highest BCUT2D eigenvalue weighted by Crippen LogP contribution is 2.18. The highest BCUT2D eigenvalue weighted by molar-refractivity contribution is 4.87. The second kappa shape index (κ2) is 3.65. The summed E-state index contributed by atoms with van der Waals surface area (Å²) in [6.45, 7) is -0.526. The van der Waals surface area contributed by atoms with Crippen molar-refractivity contribution < 1.29 is 30.3 Å². The Kier molecular flexibility index (Phi) is 2.99. The zero-order chi connectivity index (χ0) is 9.30. The second-order valence-corrected chi connectivity index (χ2v) is 2.72. The molecular weight excluding hydrogens is 169 g/mol. The number of aliphatic hydroxyl groups excluding tert-OH is 5. The van der Waals surface area contributed by atoms with Crippen molar-refractivity contribution in [3.8, 4) is 0 Å². The molecule has 5 unspecified atom stereocenters. The van der Waals surface area contributed by atoms with E-state index in [4.69, 9.17) is 25.5 Å². The van der Waals surface area contributed by atoms with Gasteiger partial charge in [-0.1, -0.05) is 0 Å². The maximum Gasteiger partial charge on any atom is 0.184 e. The monoisotopic (exact) mass is 181 g/mol. The van der Waals surface area contributed by atoms with E-state index in [1.165, 1.54) is 0 Å². The first-order valence-electron chi connectivity index (χ1n) is 3.56. The molecule has 1 aliphatic rings. The van der Waals surface area contributed by atoms with Crippen molar-refractivity contribution in [1.82, 2.24) is 0 Å². The van der Waals surface area contributed by atoms with E-state index in [1.807, 2.05) is 0 Å². The second-order valence-electron chi connectivity index (χ2n) is 2.72. The quantitative estimate of drug-likeness (QED) is 0.272. The maximum atomic E-state index is 9.12. The van der Waals surface area contributed by atoms with Gasteiger partial charge in [-0.2, -0.15) is 0 Å². The number of rotatable bonds is 1. The summed E-state index contributed by atoms with van der Waals surface area (Å²) in [5.41, 5.74) is 0. The maximum absolute atomic E-state index is 9.12. The van der Waals surface area contributed by atoms with Gasteiger partial charge in [0.05, 0.1) is 6.61 Å². The summed E-state index contributed by atoms with van der Waals surface area (Å²) in [7, 11) is 0. The molecule has 1 aliphatic heterocycles. The van der Waals surface area contributed by atoms with Crippen molar-refractivity contribution in [3.63, 3.8) is 0 Å². The Morgan fingerprint density at radius 2 is 1.50 bits per heavy atom. The van der Waals surface area contributed by atoms with Crippen LogP contribution in [0.15, 0.2) is 0 Å². The normalized spacial score (nSPS) is 49.2.